The first-order valence-corrected chi connectivity index (χ1v) is 12.6. The monoisotopic (exact) mass is 475 g/mol. The molecular formula is C28H41N7. The Labute approximate surface area is 210 Å². The summed E-state index contributed by atoms with van der Waals surface area (Å²) in [5.74, 6) is 2.16. The van der Waals surface area contributed by atoms with Crippen LogP contribution in [-0.4, -0.2) is 64.6 Å². The number of hydrogen-bond donors (Lipinski definition) is 1. The average Bonchev–Trinajstić information content (AvgIpc) is 3.16. The van der Waals surface area contributed by atoms with Crippen molar-refractivity contribution < 1.29 is 0 Å². The summed E-state index contributed by atoms with van der Waals surface area (Å²) < 4.78 is 1.79. The number of guanidine groups is 1. The van der Waals surface area contributed by atoms with Crippen molar-refractivity contribution in [3.05, 3.63) is 65.4 Å². The highest BCUT2D eigenvalue weighted by Crippen LogP contribution is 2.20. The van der Waals surface area contributed by atoms with E-state index in [4.69, 9.17) is 10.7 Å². The van der Waals surface area contributed by atoms with Gasteiger partial charge in [-0.25, -0.2) is 4.99 Å². The van der Waals surface area contributed by atoms with Crippen LogP contribution in [0.3, 0.4) is 0 Å². The first-order chi connectivity index (χ1) is 16.7. The summed E-state index contributed by atoms with van der Waals surface area (Å²) in [4.78, 5) is 13.9. The molecule has 0 saturated carbocycles. The number of rotatable bonds is 8. The number of aryl methyl sites for hydroxylation is 3. The van der Waals surface area contributed by atoms with Crippen LogP contribution in [0.15, 0.2) is 58.5 Å². The van der Waals surface area contributed by atoms with Crippen LogP contribution >= 0.6 is 0 Å². The van der Waals surface area contributed by atoms with Gasteiger partial charge in [-0.15, -0.1) is 0 Å². The topological polar surface area (TPSA) is 75.0 Å². The molecule has 0 bridgehead atoms. The van der Waals surface area contributed by atoms with Crippen molar-refractivity contribution in [2.45, 2.75) is 40.0 Å². The molecule has 2 aromatic rings. The average molecular weight is 476 g/mol. The normalized spacial score (nSPS) is 16.8. The van der Waals surface area contributed by atoms with E-state index in [1.807, 2.05) is 20.0 Å². The van der Waals surface area contributed by atoms with Gasteiger partial charge in [-0.3, -0.25) is 4.68 Å². The molecule has 1 saturated heterocycles. The van der Waals surface area contributed by atoms with Crippen molar-refractivity contribution in [2.24, 2.45) is 28.7 Å². The molecule has 1 aromatic heterocycles. The summed E-state index contributed by atoms with van der Waals surface area (Å²) >= 11 is 0. The SMILES string of the molecule is C=C(C=Cc1ccc(CC)cc1)C(C)CCC(=NC(N)=Nc1cc(C)n(C)n1)N1CCN(C)CC1. The molecule has 35 heavy (non-hydrogen) atoms. The second-order valence-corrected chi connectivity index (χ2v) is 9.50. The van der Waals surface area contributed by atoms with Gasteiger partial charge in [0.25, 0.3) is 0 Å². The highest BCUT2D eigenvalue weighted by Gasteiger charge is 2.19. The van der Waals surface area contributed by atoms with Crippen LogP contribution in [0, 0.1) is 12.8 Å². The smallest absolute Gasteiger partial charge is 0.223 e. The highest BCUT2D eigenvalue weighted by molar-refractivity contribution is 5.96. The van der Waals surface area contributed by atoms with E-state index in [1.165, 1.54) is 11.1 Å². The number of nitrogens with zero attached hydrogens (tertiary/aromatic N) is 6. The quantitative estimate of drug-likeness (QED) is 0.345. The molecule has 1 atom stereocenters. The third kappa shape index (κ3) is 7.92. The van der Waals surface area contributed by atoms with Crippen molar-refractivity contribution in [3.8, 4) is 0 Å². The molecule has 0 aliphatic carbocycles. The lowest BCUT2D eigenvalue weighted by Crippen LogP contribution is -2.47. The Morgan fingerprint density at radius 2 is 1.86 bits per heavy atom. The number of allylic oxidation sites excluding steroid dienone is 2. The Bertz CT molecular complexity index is 1050. The van der Waals surface area contributed by atoms with Gasteiger partial charge in [-0.2, -0.15) is 10.1 Å². The number of piperazine rings is 1. The van der Waals surface area contributed by atoms with Crippen molar-refractivity contribution in [3.63, 3.8) is 0 Å². The van der Waals surface area contributed by atoms with Crippen LogP contribution < -0.4 is 5.73 Å². The number of aromatic nitrogens is 2. The molecule has 1 aliphatic rings. The molecule has 1 aliphatic heterocycles. The van der Waals surface area contributed by atoms with Crippen molar-refractivity contribution in [1.29, 1.82) is 0 Å². The summed E-state index contributed by atoms with van der Waals surface area (Å²) in [6.07, 6.45) is 7.10. The molecule has 2 N–H and O–H groups in total. The number of amidine groups is 1. The molecule has 3 rings (SSSR count). The molecule has 1 aromatic carbocycles. The Morgan fingerprint density at radius 1 is 1.17 bits per heavy atom. The Balaban J connectivity index is 1.67. The maximum Gasteiger partial charge on any atom is 0.223 e. The summed E-state index contributed by atoms with van der Waals surface area (Å²) in [6, 6.07) is 10.6. The largest absolute Gasteiger partial charge is 0.368 e. The first kappa shape index (κ1) is 26.4. The fraction of sp³-hybridized carbons (Fsp3) is 0.464. The summed E-state index contributed by atoms with van der Waals surface area (Å²) in [7, 11) is 4.05. The third-order valence-electron chi connectivity index (χ3n) is 6.75. The van der Waals surface area contributed by atoms with E-state index in [2.05, 4.69) is 83.8 Å². The van der Waals surface area contributed by atoms with E-state index in [-0.39, 0.29) is 5.96 Å². The fourth-order valence-corrected chi connectivity index (χ4v) is 3.98. The Kier molecular flexibility index (Phi) is 9.43. The summed E-state index contributed by atoms with van der Waals surface area (Å²) in [6.45, 7) is 14.6. The van der Waals surface area contributed by atoms with Gasteiger partial charge in [-0.05, 0) is 43.9 Å². The molecule has 0 amide bonds. The van der Waals surface area contributed by atoms with Gasteiger partial charge in [0, 0.05) is 51.4 Å². The van der Waals surface area contributed by atoms with E-state index in [9.17, 15) is 0 Å². The molecule has 188 valence electrons. The van der Waals surface area contributed by atoms with Crippen molar-refractivity contribution in [2.75, 3.05) is 33.2 Å². The maximum atomic E-state index is 6.25. The van der Waals surface area contributed by atoms with E-state index in [0.717, 1.165) is 62.5 Å². The van der Waals surface area contributed by atoms with Crippen LogP contribution in [0.5, 0.6) is 0 Å². The Hall–Kier alpha value is -3.19. The van der Waals surface area contributed by atoms with Crippen LogP contribution in [0.2, 0.25) is 0 Å². The molecule has 7 nitrogen and oxygen atoms in total. The summed E-state index contributed by atoms with van der Waals surface area (Å²) in [5.41, 5.74) is 10.9. The van der Waals surface area contributed by atoms with Crippen LogP contribution in [0.4, 0.5) is 5.82 Å². The standard InChI is InChI=1S/C28H41N7/c1-7-24-11-13-25(14-12-24)10-8-21(2)22(3)9-15-27(35-18-16-33(5)17-19-35)31-28(29)30-26-20-23(4)34(6)32-26/h8,10-14,20,22H,2,7,9,15-19H2,1,3-6H3,(H2,29,30,32). The van der Waals surface area contributed by atoms with Crippen LogP contribution in [-0.2, 0) is 13.5 Å². The number of benzene rings is 1. The lowest BCUT2D eigenvalue weighted by molar-refractivity contribution is 0.213. The fourth-order valence-electron chi connectivity index (χ4n) is 3.98. The minimum atomic E-state index is 0.249. The zero-order chi connectivity index (χ0) is 25.4. The number of nitrogens with two attached hydrogens (primary N) is 1. The zero-order valence-electron chi connectivity index (χ0n) is 22.0. The predicted molar refractivity (Wildman–Crippen MR) is 148 cm³/mol. The van der Waals surface area contributed by atoms with Gasteiger partial charge >= 0.3 is 0 Å². The van der Waals surface area contributed by atoms with Crippen LogP contribution in [0.1, 0.15) is 43.5 Å². The lowest BCUT2D eigenvalue weighted by atomic mass is 9.95. The molecule has 1 fully saturated rings. The van der Waals surface area contributed by atoms with E-state index < -0.39 is 0 Å². The molecule has 1 unspecified atom stereocenters. The predicted octanol–water partition coefficient (Wildman–Crippen LogP) is 4.57. The van der Waals surface area contributed by atoms with Gasteiger partial charge in [0.15, 0.2) is 5.82 Å². The molecule has 0 spiro atoms. The third-order valence-corrected chi connectivity index (χ3v) is 6.75. The minimum absolute atomic E-state index is 0.249. The molecule has 2 heterocycles. The molecule has 7 heteroatoms. The Morgan fingerprint density at radius 3 is 2.46 bits per heavy atom. The van der Waals surface area contributed by atoms with Gasteiger partial charge in [0.05, 0.1) is 0 Å². The van der Waals surface area contributed by atoms with Crippen LogP contribution in [0.25, 0.3) is 6.08 Å². The second-order valence-electron chi connectivity index (χ2n) is 9.50. The van der Waals surface area contributed by atoms with Gasteiger partial charge in [0.1, 0.15) is 5.84 Å². The number of likely N-dealkylation sites (N-methyl/N-ethyl adjacent to an activating group) is 1. The van der Waals surface area contributed by atoms with Gasteiger partial charge in [0.2, 0.25) is 5.96 Å². The van der Waals surface area contributed by atoms with Crippen molar-refractivity contribution >= 4 is 23.7 Å². The first-order valence-electron chi connectivity index (χ1n) is 12.6. The zero-order valence-corrected chi connectivity index (χ0v) is 22.0. The van der Waals surface area contributed by atoms with E-state index in [0.29, 0.717) is 11.7 Å². The van der Waals surface area contributed by atoms with E-state index in [1.54, 1.807) is 4.68 Å². The maximum absolute atomic E-state index is 6.25. The minimum Gasteiger partial charge on any atom is -0.368 e. The number of hydrogen-bond acceptors (Lipinski definition) is 3. The highest BCUT2D eigenvalue weighted by atomic mass is 15.3. The van der Waals surface area contributed by atoms with E-state index >= 15 is 0 Å². The number of aliphatic imine (C=N–C) groups is 2. The summed E-state index contributed by atoms with van der Waals surface area (Å²) in [5, 5.41) is 4.37. The van der Waals surface area contributed by atoms with Gasteiger partial charge in [-0.1, -0.05) is 62.4 Å². The van der Waals surface area contributed by atoms with Gasteiger partial charge < -0.3 is 15.5 Å². The second kappa shape index (κ2) is 12.5. The lowest BCUT2D eigenvalue weighted by Gasteiger charge is -2.35. The molecule has 0 radical (unpaired) electrons. The molecular weight excluding hydrogens is 434 g/mol. The van der Waals surface area contributed by atoms with Crippen molar-refractivity contribution in [1.82, 2.24) is 19.6 Å².